The number of aliphatic hydroxyl groups excluding tert-OH is 1. The van der Waals surface area contributed by atoms with Gasteiger partial charge in [0.05, 0.1) is 0 Å². The fraction of sp³-hybridized carbons (Fsp3) is 0.500. The van der Waals surface area contributed by atoms with Crippen LogP contribution in [0.4, 0.5) is 0 Å². The van der Waals surface area contributed by atoms with Crippen LogP contribution in [0.2, 0.25) is 0 Å². The van der Waals surface area contributed by atoms with Crippen molar-refractivity contribution in [2.75, 3.05) is 13.2 Å². The minimum Gasteiger partial charge on any atom is -0.396 e. The summed E-state index contributed by atoms with van der Waals surface area (Å²) < 4.78 is 0. The maximum absolute atomic E-state index is 12.3. The largest absolute Gasteiger partial charge is 0.396 e. The Labute approximate surface area is 108 Å². The van der Waals surface area contributed by atoms with Gasteiger partial charge >= 0.3 is 0 Å². The zero-order chi connectivity index (χ0) is 13.5. The van der Waals surface area contributed by atoms with Gasteiger partial charge in [0.2, 0.25) is 5.91 Å². The lowest BCUT2D eigenvalue weighted by atomic mass is 10.1. The maximum atomic E-state index is 12.3. The lowest BCUT2D eigenvalue weighted by molar-refractivity contribution is -0.134. The van der Waals surface area contributed by atoms with Crippen LogP contribution in [-0.2, 0) is 4.79 Å². The van der Waals surface area contributed by atoms with E-state index in [-0.39, 0.29) is 18.6 Å². The number of aliphatic hydroxyl groups is 1. The Hall–Kier alpha value is -1.39. The van der Waals surface area contributed by atoms with Crippen LogP contribution in [0, 0.1) is 0 Å². The van der Waals surface area contributed by atoms with Gasteiger partial charge in [-0.05, 0) is 25.8 Å². The number of carbonyl (C=O) groups excluding carboxylic acids is 1. The molecule has 1 atom stereocenters. The van der Waals surface area contributed by atoms with Crippen molar-refractivity contribution < 1.29 is 9.90 Å². The van der Waals surface area contributed by atoms with E-state index in [1.165, 1.54) is 0 Å². The molecule has 1 aromatic carbocycles. The average Bonchev–Trinajstić information content (AvgIpc) is 2.38. The number of nitrogens with zero attached hydrogens (tertiary/aromatic N) is 1. The number of benzene rings is 1. The minimum atomic E-state index is -0.632. The van der Waals surface area contributed by atoms with Gasteiger partial charge in [-0.2, -0.15) is 0 Å². The molecule has 0 radical (unpaired) electrons. The molecule has 1 rings (SSSR count). The van der Waals surface area contributed by atoms with Gasteiger partial charge in [0.1, 0.15) is 6.04 Å². The number of amides is 1. The van der Waals surface area contributed by atoms with Gasteiger partial charge in [-0.3, -0.25) is 4.79 Å². The van der Waals surface area contributed by atoms with Crippen molar-refractivity contribution >= 4 is 5.91 Å². The molecule has 100 valence electrons. The van der Waals surface area contributed by atoms with Crippen LogP contribution in [0.25, 0.3) is 0 Å². The van der Waals surface area contributed by atoms with Crippen LogP contribution < -0.4 is 5.73 Å². The van der Waals surface area contributed by atoms with Crippen molar-refractivity contribution in [1.82, 2.24) is 4.90 Å². The number of hydrogen-bond acceptors (Lipinski definition) is 3. The average molecular weight is 250 g/mol. The number of rotatable bonds is 6. The Morgan fingerprint density at radius 3 is 2.44 bits per heavy atom. The van der Waals surface area contributed by atoms with Gasteiger partial charge in [0.25, 0.3) is 0 Å². The summed E-state index contributed by atoms with van der Waals surface area (Å²) in [6.07, 6.45) is 0.575. The molecule has 0 saturated carbocycles. The normalized spacial score (nSPS) is 12.5. The summed E-state index contributed by atoms with van der Waals surface area (Å²) in [5, 5.41) is 8.87. The quantitative estimate of drug-likeness (QED) is 0.800. The highest BCUT2D eigenvalue weighted by atomic mass is 16.3. The molecular formula is C14H22N2O2. The van der Waals surface area contributed by atoms with Crippen LogP contribution in [0.3, 0.4) is 0 Å². The second-order valence-corrected chi connectivity index (χ2v) is 4.59. The summed E-state index contributed by atoms with van der Waals surface area (Å²) in [4.78, 5) is 14.0. The standard InChI is InChI=1S/C14H22N2O2/c1-11(2)16(9-6-10-17)14(18)13(15)12-7-4-3-5-8-12/h3-5,7-8,11,13,17H,6,9-10,15H2,1-2H3/t13-/m1/s1. The Bertz CT molecular complexity index is 365. The Balaban J connectivity index is 2.76. The summed E-state index contributed by atoms with van der Waals surface area (Å²) in [6.45, 7) is 4.52. The molecule has 4 heteroatoms. The predicted molar refractivity (Wildman–Crippen MR) is 71.9 cm³/mol. The molecule has 0 bridgehead atoms. The molecule has 4 nitrogen and oxygen atoms in total. The van der Waals surface area contributed by atoms with Gasteiger partial charge in [-0.25, -0.2) is 0 Å². The van der Waals surface area contributed by atoms with Crippen LogP contribution in [-0.4, -0.2) is 35.1 Å². The van der Waals surface area contributed by atoms with Crippen molar-refractivity contribution in [1.29, 1.82) is 0 Å². The second-order valence-electron chi connectivity index (χ2n) is 4.59. The third kappa shape index (κ3) is 3.82. The van der Waals surface area contributed by atoms with Crippen molar-refractivity contribution in [3.8, 4) is 0 Å². The maximum Gasteiger partial charge on any atom is 0.244 e. The molecular weight excluding hydrogens is 228 g/mol. The first-order valence-electron chi connectivity index (χ1n) is 6.29. The first-order chi connectivity index (χ1) is 8.57. The van der Waals surface area contributed by atoms with Gasteiger partial charge < -0.3 is 15.7 Å². The lowest BCUT2D eigenvalue weighted by Gasteiger charge is -2.29. The molecule has 0 spiro atoms. The van der Waals surface area contributed by atoms with Crippen LogP contribution in [0.1, 0.15) is 31.9 Å². The molecule has 0 saturated heterocycles. The van der Waals surface area contributed by atoms with Crippen LogP contribution in [0.5, 0.6) is 0 Å². The van der Waals surface area contributed by atoms with Crippen LogP contribution in [0.15, 0.2) is 30.3 Å². The Morgan fingerprint density at radius 1 is 1.33 bits per heavy atom. The fourth-order valence-electron chi connectivity index (χ4n) is 1.85. The lowest BCUT2D eigenvalue weighted by Crippen LogP contribution is -2.43. The molecule has 3 N–H and O–H groups in total. The van der Waals surface area contributed by atoms with Gasteiger partial charge in [-0.1, -0.05) is 30.3 Å². The van der Waals surface area contributed by atoms with E-state index in [0.717, 1.165) is 5.56 Å². The first-order valence-corrected chi connectivity index (χ1v) is 6.29. The highest BCUT2D eigenvalue weighted by Crippen LogP contribution is 2.14. The summed E-state index contributed by atoms with van der Waals surface area (Å²) in [5.41, 5.74) is 6.81. The van der Waals surface area contributed by atoms with E-state index in [1.807, 2.05) is 44.2 Å². The minimum absolute atomic E-state index is 0.0804. The van der Waals surface area contributed by atoms with E-state index in [0.29, 0.717) is 13.0 Å². The van der Waals surface area contributed by atoms with Crippen molar-refractivity contribution in [3.63, 3.8) is 0 Å². The van der Waals surface area contributed by atoms with Gasteiger partial charge in [-0.15, -0.1) is 0 Å². The molecule has 18 heavy (non-hydrogen) atoms. The molecule has 0 fully saturated rings. The summed E-state index contributed by atoms with van der Waals surface area (Å²) in [5.74, 6) is -0.0929. The first kappa shape index (κ1) is 14.7. The predicted octanol–water partition coefficient (Wildman–Crippen LogP) is 1.31. The summed E-state index contributed by atoms with van der Waals surface area (Å²) in [7, 11) is 0. The van der Waals surface area contributed by atoms with E-state index in [9.17, 15) is 4.79 Å². The van der Waals surface area contributed by atoms with E-state index in [2.05, 4.69) is 0 Å². The second kappa shape index (κ2) is 7.13. The summed E-state index contributed by atoms with van der Waals surface area (Å²) in [6, 6.07) is 8.80. The van der Waals surface area contributed by atoms with Crippen molar-refractivity contribution in [2.24, 2.45) is 5.73 Å². The van der Waals surface area contributed by atoms with Crippen LogP contribution >= 0.6 is 0 Å². The molecule has 0 aliphatic heterocycles. The highest BCUT2D eigenvalue weighted by molar-refractivity contribution is 5.83. The molecule has 0 heterocycles. The SMILES string of the molecule is CC(C)N(CCCO)C(=O)[C@H](N)c1ccccc1. The molecule has 0 aromatic heterocycles. The third-order valence-corrected chi connectivity index (χ3v) is 2.89. The van der Waals surface area contributed by atoms with E-state index in [4.69, 9.17) is 10.8 Å². The molecule has 0 unspecified atom stereocenters. The molecule has 0 aliphatic rings. The smallest absolute Gasteiger partial charge is 0.244 e. The van der Waals surface area contributed by atoms with Crippen molar-refractivity contribution in [3.05, 3.63) is 35.9 Å². The zero-order valence-corrected chi connectivity index (χ0v) is 11.0. The highest BCUT2D eigenvalue weighted by Gasteiger charge is 2.23. The Morgan fingerprint density at radius 2 is 1.94 bits per heavy atom. The third-order valence-electron chi connectivity index (χ3n) is 2.89. The topological polar surface area (TPSA) is 66.6 Å². The van der Waals surface area contributed by atoms with E-state index >= 15 is 0 Å². The Kier molecular flexibility index (Phi) is 5.82. The molecule has 1 aromatic rings. The number of carbonyl (C=O) groups is 1. The molecule has 1 amide bonds. The van der Waals surface area contributed by atoms with E-state index < -0.39 is 6.04 Å². The van der Waals surface area contributed by atoms with Gasteiger partial charge in [0.15, 0.2) is 0 Å². The molecule has 0 aliphatic carbocycles. The number of hydrogen-bond donors (Lipinski definition) is 2. The zero-order valence-electron chi connectivity index (χ0n) is 11.0. The fourth-order valence-corrected chi connectivity index (χ4v) is 1.85. The van der Waals surface area contributed by atoms with E-state index in [1.54, 1.807) is 4.90 Å². The monoisotopic (exact) mass is 250 g/mol. The number of nitrogens with two attached hydrogens (primary N) is 1. The van der Waals surface area contributed by atoms with Crippen molar-refractivity contribution in [2.45, 2.75) is 32.4 Å². The van der Waals surface area contributed by atoms with Gasteiger partial charge in [0, 0.05) is 19.2 Å². The summed E-state index contributed by atoms with van der Waals surface area (Å²) >= 11 is 0.